The number of rotatable bonds is 1. The van der Waals surface area contributed by atoms with Gasteiger partial charge in [0.1, 0.15) is 0 Å². The minimum Gasteiger partial charge on any atom is -0.378 e. The molecular formula is C17H30N4O3. The average molecular weight is 338 g/mol. The van der Waals surface area contributed by atoms with E-state index in [1.807, 2.05) is 9.80 Å². The van der Waals surface area contributed by atoms with Crippen LogP contribution in [0.3, 0.4) is 0 Å². The Balaban J connectivity index is 1.59. The van der Waals surface area contributed by atoms with Gasteiger partial charge in [-0.15, -0.1) is 0 Å². The molecule has 7 heteroatoms. The first-order valence-corrected chi connectivity index (χ1v) is 8.95. The lowest BCUT2D eigenvalue weighted by Gasteiger charge is -2.40. The van der Waals surface area contributed by atoms with Crippen LogP contribution in [0.15, 0.2) is 0 Å². The molecule has 3 fully saturated rings. The summed E-state index contributed by atoms with van der Waals surface area (Å²) in [5, 5.41) is 0. The fourth-order valence-corrected chi connectivity index (χ4v) is 4.36. The van der Waals surface area contributed by atoms with E-state index in [0.717, 1.165) is 38.9 Å². The van der Waals surface area contributed by atoms with E-state index in [1.165, 1.54) is 0 Å². The van der Waals surface area contributed by atoms with Crippen LogP contribution in [0.1, 0.15) is 19.3 Å². The highest BCUT2D eigenvalue weighted by Crippen LogP contribution is 2.43. The van der Waals surface area contributed by atoms with Gasteiger partial charge in [0.15, 0.2) is 0 Å². The molecule has 3 aliphatic rings. The third kappa shape index (κ3) is 3.37. The van der Waals surface area contributed by atoms with Crippen LogP contribution in [0.4, 0.5) is 4.79 Å². The minimum atomic E-state index is -0.0146. The summed E-state index contributed by atoms with van der Waals surface area (Å²) in [7, 11) is 5.66. The number of hydrogen-bond donors (Lipinski definition) is 0. The first kappa shape index (κ1) is 17.5. The summed E-state index contributed by atoms with van der Waals surface area (Å²) in [5.41, 5.74) is 0.185. The van der Waals surface area contributed by atoms with Gasteiger partial charge < -0.3 is 19.4 Å². The average Bonchev–Trinajstić information content (AvgIpc) is 2.91. The highest BCUT2D eigenvalue weighted by molar-refractivity contribution is 5.82. The zero-order valence-corrected chi connectivity index (χ0v) is 15.2. The van der Waals surface area contributed by atoms with Crippen LogP contribution < -0.4 is 0 Å². The summed E-state index contributed by atoms with van der Waals surface area (Å²) < 4.78 is 5.35. The number of amides is 3. The van der Waals surface area contributed by atoms with Crippen LogP contribution >= 0.6 is 0 Å². The summed E-state index contributed by atoms with van der Waals surface area (Å²) in [6.07, 6.45) is 2.90. The second-order valence-electron chi connectivity index (χ2n) is 7.74. The number of hydrogen-bond acceptors (Lipinski definition) is 4. The van der Waals surface area contributed by atoms with E-state index in [-0.39, 0.29) is 23.4 Å². The summed E-state index contributed by atoms with van der Waals surface area (Å²) >= 11 is 0. The molecule has 0 aromatic carbocycles. The number of likely N-dealkylation sites (tertiary alicyclic amines) is 2. The van der Waals surface area contributed by atoms with Crippen molar-refractivity contribution in [3.63, 3.8) is 0 Å². The summed E-state index contributed by atoms with van der Waals surface area (Å²) in [6, 6.07) is 0.0799. The Morgan fingerprint density at radius 1 is 1.04 bits per heavy atom. The van der Waals surface area contributed by atoms with Crippen LogP contribution in [0.2, 0.25) is 0 Å². The normalized spacial score (nSPS) is 27.5. The zero-order valence-electron chi connectivity index (χ0n) is 15.2. The van der Waals surface area contributed by atoms with E-state index in [2.05, 4.69) is 11.9 Å². The van der Waals surface area contributed by atoms with Crippen molar-refractivity contribution in [1.82, 2.24) is 19.6 Å². The van der Waals surface area contributed by atoms with Gasteiger partial charge in [-0.3, -0.25) is 9.69 Å². The minimum absolute atomic E-state index is 0.0146. The van der Waals surface area contributed by atoms with E-state index in [4.69, 9.17) is 4.74 Å². The third-order valence-electron chi connectivity index (χ3n) is 5.83. The molecule has 7 nitrogen and oxygen atoms in total. The molecule has 0 radical (unpaired) electrons. The Kier molecular flexibility index (Phi) is 5.01. The largest absolute Gasteiger partial charge is 0.378 e. The number of carbonyl (C=O) groups is 2. The zero-order chi connectivity index (χ0) is 17.3. The lowest BCUT2D eigenvalue weighted by Crippen LogP contribution is -2.48. The third-order valence-corrected chi connectivity index (χ3v) is 5.83. The molecule has 24 heavy (non-hydrogen) atoms. The van der Waals surface area contributed by atoms with Crippen molar-refractivity contribution in [2.75, 3.05) is 67.1 Å². The molecule has 136 valence electrons. The van der Waals surface area contributed by atoms with Gasteiger partial charge in [0, 0.05) is 46.8 Å². The lowest BCUT2D eigenvalue weighted by atomic mass is 9.76. The van der Waals surface area contributed by atoms with Gasteiger partial charge in [-0.25, -0.2) is 4.79 Å². The molecule has 3 heterocycles. The Labute approximate surface area is 144 Å². The quantitative estimate of drug-likeness (QED) is 0.691. The fourth-order valence-electron chi connectivity index (χ4n) is 4.36. The second-order valence-corrected chi connectivity index (χ2v) is 7.74. The van der Waals surface area contributed by atoms with Crippen LogP contribution in [-0.4, -0.2) is 105 Å². The number of carbonyl (C=O) groups excluding carboxylic acids is 2. The first-order valence-electron chi connectivity index (χ1n) is 8.95. The van der Waals surface area contributed by atoms with E-state index >= 15 is 0 Å². The maximum absolute atomic E-state index is 12.9. The van der Waals surface area contributed by atoms with Gasteiger partial charge in [0.05, 0.1) is 19.3 Å². The Hall–Kier alpha value is -1.34. The maximum Gasteiger partial charge on any atom is 0.319 e. The van der Waals surface area contributed by atoms with Gasteiger partial charge in [-0.1, -0.05) is 0 Å². The number of piperidine rings is 1. The van der Waals surface area contributed by atoms with Gasteiger partial charge in [-0.2, -0.15) is 0 Å². The molecule has 3 rings (SSSR count). The van der Waals surface area contributed by atoms with Crippen LogP contribution in [0.25, 0.3) is 0 Å². The van der Waals surface area contributed by atoms with Gasteiger partial charge in [0.25, 0.3) is 0 Å². The predicted molar refractivity (Wildman–Crippen MR) is 90.8 cm³/mol. The van der Waals surface area contributed by atoms with E-state index < -0.39 is 0 Å². The van der Waals surface area contributed by atoms with E-state index in [9.17, 15) is 9.59 Å². The molecule has 0 aliphatic carbocycles. The monoisotopic (exact) mass is 338 g/mol. The highest BCUT2D eigenvalue weighted by atomic mass is 16.5. The SMILES string of the molecule is CN(C)C(=O)N1CCC2(CC1)CC(C(=O)N1CCOCC1)N(C)C2. The van der Waals surface area contributed by atoms with Gasteiger partial charge in [-0.05, 0) is 31.7 Å². The Bertz CT molecular complexity index is 482. The van der Waals surface area contributed by atoms with Gasteiger partial charge >= 0.3 is 6.03 Å². The number of urea groups is 1. The summed E-state index contributed by atoms with van der Waals surface area (Å²) in [4.78, 5) is 32.7. The standard InChI is InChI=1S/C17H30N4O3/c1-18(2)16(23)21-6-4-17(5-7-21)12-14(19(3)13-17)15(22)20-8-10-24-11-9-20/h14H,4-13H2,1-3H3. The first-order chi connectivity index (χ1) is 11.4. The Morgan fingerprint density at radius 2 is 1.67 bits per heavy atom. The molecule has 3 saturated heterocycles. The molecule has 1 unspecified atom stereocenters. The van der Waals surface area contributed by atoms with Crippen LogP contribution in [-0.2, 0) is 9.53 Å². The smallest absolute Gasteiger partial charge is 0.319 e. The molecule has 0 aromatic rings. The molecule has 3 amide bonds. The molecule has 0 bridgehead atoms. The molecule has 1 spiro atoms. The molecular weight excluding hydrogens is 308 g/mol. The highest BCUT2D eigenvalue weighted by Gasteiger charge is 2.48. The number of nitrogens with zero attached hydrogens (tertiary/aromatic N) is 4. The van der Waals surface area contributed by atoms with Crippen molar-refractivity contribution < 1.29 is 14.3 Å². The van der Waals surface area contributed by atoms with Crippen molar-refractivity contribution in [3.8, 4) is 0 Å². The number of ether oxygens (including phenoxy) is 1. The molecule has 0 N–H and O–H groups in total. The number of morpholine rings is 1. The maximum atomic E-state index is 12.9. The second kappa shape index (κ2) is 6.88. The number of likely N-dealkylation sites (N-methyl/N-ethyl adjacent to an activating group) is 1. The van der Waals surface area contributed by atoms with E-state index in [1.54, 1.807) is 19.0 Å². The predicted octanol–water partition coefficient (Wildman–Crippen LogP) is 0.313. The van der Waals surface area contributed by atoms with Crippen molar-refractivity contribution in [1.29, 1.82) is 0 Å². The van der Waals surface area contributed by atoms with Crippen LogP contribution in [0.5, 0.6) is 0 Å². The van der Waals surface area contributed by atoms with E-state index in [0.29, 0.717) is 26.3 Å². The fraction of sp³-hybridized carbons (Fsp3) is 0.882. The van der Waals surface area contributed by atoms with Crippen molar-refractivity contribution >= 4 is 11.9 Å². The van der Waals surface area contributed by atoms with Crippen molar-refractivity contribution in [2.24, 2.45) is 5.41 Å². The van der Waals surface area contributed by atoms with Crippen molar-refractivity contribution in [3.05, 3.63) is 0 Å². The molecule has 0 aromatic heterocycles. The van der Waals surface area contributed by atoms with Crippen molar-refractivity contribution in [2.45, 2.75) is 25.3 Å². The summed E-state index contributed by atoms with van der Waals surface area (Å²) in [5.74, 6) is 0.254. The van der Waals surface area contributed by atoms with Crippen LogP contribution in [0, 0.1) is 5.41 Å². The van der Waals surface area contributed by atoms with Gasteiger partial charge in [0.2, 0.25) is 5.91 Å². The molecule has 3 aliphatic heterocycles. The lowest BCUT2D eigenvalue weighted by molar-refractivity contribution is -0.139. The topological polar surface area (TPSA) is 56.3 Å². The molecule has 1 atom stereocenters. The molecule has 0 saturated carbocycles. The summed E-state index contributed by atoms with van der Waals surface area (Å²) in [6.45, 7) is 5.26. The Morgan fingerprint density at radius 3 is 2.25 bits per heavy atom.